The van der Waals surface area contributed by atoms with Crippen LogP contribution in [0.4, 0.5) is 0 Å². The molecule has 0 saturated carbocycles. The number of hydrogen-bond donors (Lipinski definition) is 0. The van der Waals surface area contributed by atoms with E-state index in [2.05, 4.69) is 6.92 Å². The van der Waals surface area contributed by atoms with Gasteiger partial charge in [-0.3, -0.25) is 14.2 Å². The fraction of sp³-hybridized carbons (Fsp3) is 0.211. The lowest BCUT2D eigenvalue weighted by Gasteiger charge is -2.12. The number of fused-ring (bicyclic) bond motifs is 2. The average Bonchev–Trinajstić information content (AvgIpc) is 3.15. The van der Waals surface area contributed by atoms with Crippen LogP contribution in [0.15, 0.2) is 51.4 Å². The minimum absolute atomic E-state index is 0.208. The van der Waals surface area contributed by atoms with Gasteiger partial charge >= 0.3 is 0 Å². The van der Waals surface area contributed by atoms with E-state index in [1.165, 1.54) is 11.3 Å². The van der Waals surface area contributed by atoms with E-state index in [1.54, 1.807) is 22.0 Å². The van der Waals surface area contributed by atoms with Gasteiger partial charge in [-0.15, -0.1) is 22.7 Å². The third-order valence-corrected chi connectivity index (χ3v) is 6.11. The Balaban J connectivity index is 2.13. The van der Waals surface area contributed by atoms with E-state index in [4.69, 9.17) is 4.98 Å². The van der Waals surface area contributed by atoms with Crippen molar-refractivity contribution in [2.24, 2.45) is 0 Å². The van der Waals surface area contributed by atoms with Crippen LogP contribution in [0.5, 0.6) is 0 Å². The van der Waals surface area contributed by atoms with Gasteiger partial charge in [-0.05, 0) is 30.0 Å². The molecule has 25 heavy (non-hydrogen) atoms. The second kappa shape index (κ2) is 6.54. The zero-order valence-electron chi connectivity index (χ0n) is 13.7. The molecule has 0 bridgehead atoms. The highest BCUT2D eigenvalue weighted by Gasteiger charge is 2.17. The van der Waals surface area contributed by atoms with E-state index in [-0.39, 0.29) is 16.4 Å². The zero-order chi connectivity index (χ0) is 17.4. The standard InChI is InChI=1S/C19H16N2O2S2/c1-2-3-10-21-17(14-9-6-11-24-14)20-18-15(19(21)23)16(22)12-7-4-5-8-13(12)25-18/h4-9,11H,2-3,10H2,1H3. The Morgan fingerprint density at radius 1 is 1.12 bits per heavy atom. The first kappa shape index (κ1) is 16.2. The van der Waals surface area contributed by atoms with Crippen molar-refractivity contribution in [3.63, 3.8) is 0 Å². The van der Waals surface area contributed by atoms with Crippen LogP contribution in [0.1, 0.15) is 19.8 Å². The zero-order valence-corrected chi connectivity index (χ0v) is 15.3. The summed E-state index contributed by atoms with van der Waals surface area (Å²) in [4.78, 5) is 32.2. The molecule has 0 aliphatic rings. The number of benzene rings is 1. The number of nitrogens with zero attached hydrogens (tertiary/aromatic N) is 2. The molecular weight excluding hydrogens is 352 g/mol. The molecule has 3 aromatic heterocycles. The topological polar surface area (TPSA) is 52.0 Å². The van der Waals surface area contributed by atoms with E-state index in [1.807, 2.05) is 35.7 Å². The quantitative estimate of drug-likeness (QED) is 0.498. The third-order valence-electron chi connectivity index (χ3n) is 4.18. The lowest BCUT2D eigenvalue weighted by atomic mass is 10.2. The molecular formula is C19H16N2O2S2. The van der Waals surface area contributed by atoms with E-state index >= 15 is 0 Å². The fourth-order valence-corrected chi connectivity index (χ4v) is 4.66. The number of hydrogen-bond acceptors (Lipinski definition) is 5. The lowest BCUT2D eigenvalue weighted by molar-refractivity contribution is 0.616. The molecule has 0 saturated heterocycles. The van der Waals surface area contributed by atoms with Crippen molar-refractivity contribution in [2.45, 2.75) is 26.3 Å². The van der Waals surface area contributed by atoms with Crippen molar-refractivity contribution in [3.8, 4) is 10.7 Å². The number of rotatable bonds is 4. The van der Waals surface area contributed by atoms with Gasteiger partial charge in [0.25, 0.3) is 5.56 Å². The van der Waals surface area contributed by atoms with Crippen LogP contribution < -0.4 is 11.0 Å². The lowest BCUT2D eigenvalue weighted by Crippen LogP contribution is -2.27. The summed E-state index contributed by atoms with van der Waals surface area (Å²) in [6.45, 7) is 2.65. The second-order valence-corrected chi connectivity index (χ2v) is 7.81. The second-order valence-electron chi connectivity index (χ2n) is 5.83. The Hall–Kier alpha value is -2.31. The van der Waals surface area contributed by atoms with Crippen molar-refractivity contribution in [1.29, 1.82) is 0 Å². The van der Waals surface area contributed by atoms with Crippen LogP contribution >= 0.6 is 22.7 Å². The van der Waals surface area contributed by atoms with Crippen LogP contribution in [0.25, 0.3) is 31.0 Å². The molecule has 126 valence electrons. The van der Waals surface area contributed by atoms with Crippen LogP contribution in [0, 0.1) is 0 Å². The molecule has 0 spiro atoms. The van der Waals surface area contributed by atoms with Gasteiger partial charge in [0.1, 0.15) is 10.2 Å². The monoisotopic (exact) mass is 368 g/mol. The molecule has 0 N–H and O–H groups in total. The van der Waals surface area contributed by atoms with E-state index in [9.17, 15) is 9.59 Å². The molecule has 4 nitrogen and oxygen atoms in total. The summed E-state index contributed by atoms with van der Waals surface area (Å²) >= 11 is 2.96. The first-order valence-electron chi connectivity index (χ1n) is 8.21. The molecule has 0 fully saturated rings. The van der Waals surface area contributed by atoms with Gasteiger partial charge in [0.15, 0.2) is 5.82 Å². The summed E-state index contributed by atoms with van der Waals surface area (Å²) in [5.41, 5.74) is -0.446. The van der Waals surface area contributed by atoms with Gasteiger partial charge in [-0.1, -0.05) is 31.5 Å². The number of unbranched alkanes of at least 4 members (excludes halogenated alkanes) is 1. The maximum Gasteiger partial charge on any atom is 0.266 e. The molecule has 0 radical (unpaired) electrons. The predicted molar refractivity (Wildman–Crippen MR) is 106 cm³/mol. The molecule has 4 aromatic rings. The summed E-state index contributed by atoms with van der Waals surface area (Å²) in [7, 11) is 0. The largest absolute Gasteiger partial charge is 0.291 e. The molecule has 6 heteroatoms. The highest BCUT2D eigenvalue weighted by Crippen LogP contribution is 2.27. The smallest absolute Gasteiger partial charge is 0.266 e. The van der Waals surface area contributed by atoms with Crippen molar-refractivity contribution in [1.82, 2.24) is 9.55 Å². The number of aromatic nitrogens is 2. The van der Waals surface area contributed by atoms with E-state index in [0.29, 0.717) is 22.6 Å². The van der Waals surface area contributed by atoms with Crippen molar-refractivity contribution in [3.05, 3.63) is 62.4 Å². The Morgan fingerprint density at radius 3 is 2.72 bits per heavy atom. The van der Waals surface area contributed by atoms with E-state index < -0.39 is 0 Å². The van der Waals surface area contributed by atoms with Crippen molar-refractivity contribution < 1.29 is 0 Å². The highest BCUT2D eigenvalue weighted by atomic mass is 32.1. The Bertz CT molecular complexity index is 1170. The fourth-order valence-electron chi connectivity index (χ4n) is 2.90. The molecule has 0 aliphatic heterocycles. The van der Waals surface area contributed by atoms with Crippen molar-refractivity contribution in [2.75, 3.05) is 0 Å². The number of thiophene rings is 1. The molecule has 0 unspecified atom stereocenters. The summed E-state index contributed by atoms with van der Waals surface area (Å²) in [5.74, 6) is 0.659. The summed E-state index contributed by atoms with van der Waals surface area (Å²) < 4.78 is 2.52. The first-order chi connectivity index (χ1) is 12.2. The normalized spacial score (nSPS) is 11.4. The summed E-state index contributed by atoms with van der Waals surface area (Å²) in [6.07, 6.45) is 1.84. The molecule has 4 rings (SSSR count). The SMILES string of the molecule is CCCCn1c(-c2cccs2)nc2sc3ccccc3c(=O)c2c1=O. The van der Waals surface area contributed by atoms with Crippen LogP contribution in [0.2, 0.25) is 0 Å². The predicted octanol–water partition coefficient (Wildman–Crippen LogP) is 4.50. The first-order valence-corrected chi connectivity index (χ1v) is 9.90. The van der Waals surface area contributed by atoms with Gasteiger partial charge in [0, 0.05) is 16.6 Å². The van der Waals surface area contributed by atoms with Crippen molar-refractivity contribution >= 4 is 43.0 Å². The minimum Gasteiger partial charge on any atom is -0.291 e. The average molecular weight is 368 g/mol. The van der Waals surface area contributed by atoms with Crippen LogP contribution in [0.3, 0.4) is 0 Å². The molecule has 0 atom stereocenters. The highest BCUT2D eigenvalue weighted by molar-refractivity contribution is 7.24. The van der Waals surface area contributed by atoms with E-state index in [0.717, 1.165) is 22.4 Å². The summed E-state index contributed by atoms with van der Waals surface area (Å²) in [5, 5.41) is 2.77. The molecule has 0 aliphatic carbocycles. The summed E-state index contributed by atoms with van der Waals surface area (Å²) in [6, 6.07) is 11.3. The van der Waals surface area contributed by atoms with Gasteiger partial charge in [-0.2, -0.15) is 0 Å². The van der Waals surface area contributed by atoms with Gasteiger partial charge < -0.3 is 0 Å². The Kier molecular flexibility index (Phi) is 4.23. The third kappa shape index (κ3) is 2.71. The molecule has 1 aromatic carbocycles. The Morgan fingerprint density at radius 2 is 1.96 bits per heavy atom. The van der Waals surface area contributed by atoms with Gasteiger partial charge in [-0.25, -0.2) is 4.98 Å². The van der Waals surface area contributed by atoms with Crippen LogP contribution in [-0.4, -0.2) is 9.55 Å². The van der Waals surface area contributed by atoms with Gasteiger partial charge in [0.2, 0.25) is 5.43 Å². The molecule has 0 amide bonds. The van der Waals surface area contributed by atoms with Gasteiger partial charge in [0.05, 0.1) is 4.88 Å². The maximum absolute atomic E-state index is 13.1. The minimum atomic E-state index is -0.228. The molecule has 3 heterocycles. The maximum atomic E-state index is 13.1. The van der Waals surface area contributed by atoms with Crippen LogP contribution in [-0.2, 0) is 6.54 Å². The Labute approximate surface area is 152 Å².